The topological polar surface area (TPSA) is 61.4 Å². The molecule has 0 radical (unpaired) electrons. The third-order valence-corrected chi connectivity index (χ3v) is 16.1. The number of rotatable bonds is 8. The minimum atomic E-state index is -2.85. The summed E-state index contributed by atoms with van der Waals surface area (Å²) in [6.07, 6.45) is 0. The molecule has 0 fully saturated rings. The Morgan fingerprint density at radius 1 is 0.322 bits per heavy atom. The predicted molar refractivity (Wildman–Crippen MR) is 243 cm³/mol. The van der Waals surface area contributed by atoms with Crippen LogP contribution in [0.4, 0.5) is 0 Å². The van der Waals surface area contributed by atoms with Gasteiger partial charge in [-0.2, -0.15) is 15.0 Å². The SMILES string of the molecule is c1ccc(-c2nc3ccccc3n2-c2nc(-c3cccc([Si](c4ccccc4)(c4ccccc4)c4ccccc4)c3)nc(-n3c4ccccc4c4ccccc43)n2)cc1. The lowest BCUT2D eigenvalue weighted by atomic mass is 10.2. The highest BCUT2D eigenvalue weighted by Crippen LogP contribution is 2.33. The van der Waals surface area contributed by atoms with Gasteiger partial charge in [-0.25, -0.2) is 4.98 Å². The highest BCUT2D eigenvalue weighted by atomic mass is 28.3. The van der Waals surface area contributed by atoms with Crippen LogP contribution in [0.3, 0.4) is 0 Å². The standard InChI is InChI=1S/C52H36N6Si/c1-5-20-37(21-6-1)50-53-45-32-15-18-35-48(45)58(50)52-55-49(54-51(56-52)57-46-33-16-13-30-43(46)44-31-14-17-34-47(44)57)38-22-19-29-42(36-38)59(39-23-7-2-8-24-39,40-25-9-3-10-26-40)41-27-11-4-12-28-41/h1-36H. The molecule has 6 nitrogen and oxygen atoms in total. The van der Waals surface area contributed by atoms with E-state index in [-0.39, 0.29) is 0 Å². The smallest absolute Gasteiger partial charge is 0.241 e. The van der Waals surface area contributed by atoms with E-state index in [1.54, 1.807) is 0 Å². The van der Waals surface area contributed by atoms with Gasteiger partial charge in [0.1, 0.15) is 5.82 Å². The minimum Gasteiger partial charge on any atom is -0.278 e. The molecule has 0 N–H and O–H groups in total. The molecule has 0 amide bonds. The van der Waals surface area contributed by atoms with E-state index in [4.69, 9.17) is 19.9 Å². The van der Waals surface area contributed by atoms with E-state index in [0.29, 0.717) is 17.7 Å². The summed E-state index contributed by atoms with van der Waals surface area (Å²) in [5.74, 6) is 2.35. The van der Waals surface area contributed by atoms with Crippen LogP contribution in [0.1, 0.15) is 0 Å². The predicted octanol–water partition coefficient (Wildman–Crippen LogP) is 9.02. The Labute approximate surface area is 342 Å². The second kappa shape index (κ2) is 14.3. The molecular weight excluding hydrogens is 737 g/mol. The molecule has 7 heteroatoms. The number of benzene rings is 8. The van der Waals surface area contributed by atoms with Crippen LogP contribution >= 0.6 is 0 Å². The molecule has 278 valence electrons. The van der Waals surface area contributed by atoms with Crippen LogP contribution < -0.4 is 20.7 Å². The van der Waals surface area contributed by atoms with Crippen LogP contribution in [0.5, 0.6) is 0 Å². The fourth-order valence-corrected chi connectivity index (χ4v) is 13.6. The van der Waals surface area contributed by atoms with Gasteiger partial charge < -0.3 is 0 Å². The van der Waals surface area contributed by atoms with E-state index in [1.165, 1.54) is 20.7 Å². The first-order chi connectivity index (χ1) is 29.3. The van der Waals surface area contributed by atoms with Gasteiger partial charge in [0, 0.05) is 21.9 Å². The van der Waals surface area contributed by atoms with Gasteiger partial charge in [0.05, 0.1) is 22.1 Å². The van der Waals surface area contributed by atoms with Gasteiger partial charge in [0.2, 0.25) is 11.9 Å². The van der Waals surface area contributed by atoms with Crippen molar-refractivity contribution in [3.05, 3.63) is 218 Å². The molecule has 0 unspecified atom stereocenters. The Balaban J connectivity index is 1.22. The van der Waals surface area contributed by atoms with Crippen molar-refractivity contribution in [3.63, 3.8) is 0 Å². The number of para-hydroxylation sites is 4. The van der Waals surface area contributed by atoms with Crippen molar-refractivity contribution in [2.24, 2.45) is 0 Å². The first-order valence-corrected chi connectivity index (χ1v) is 21.8. The summed E-state index contributed by atoms with van der Waals surface area (Å²) >= 11 is 0. The average Bonchev–Trinajstić information content (AvgIpc) is 3.87. The number of hydrogen-bond acceptors (Lipinski definition) is 4. The van der Waals surface area contributed by atoms with Crippen molar-refractivity contribution in [1.29, 1.82) is 0 Å². The fraction of sp³-hybridized carbons (Fsp3) is 0. The van der Waals surface area contributed by atoms with Crippen molar-refractivity contribution in [1.82, 2.24) is 29.1 Å². The lowest BCUT2D eigenvalue weighted by Gasteiger charge is -2.34. The zero-order chi connectivity index (χ0) is 39.2. The number of aromatic nitrogens is 6. The van der Waals surface area contributed by atoms with Crippen molar-refractivity contribution < 1.29 is 0 Å². The lowest BCUT2D eigenvalue weighted by Crippen LogP contribution is -2.74. The van der Waals surface area contributed by atoms with Gasteiger partial charge in [0.25, 0.3) is 0 Å². The Morgan fingerprint density at radius 3 is 1.34 bits per heavy atom. The van der Waals surface area contributed by atoms with Crippen molar-refractivity contribution in [3.8, 4) is 34.7 Å². The van der Waals surface area contributed by atoms with Gasteiger partial charge in [-0.3, -0.25) is 9.13 Å². The summed E-state index contributed by atoms with van der Waals surface area (Å²) in [6.45, 7) is 0. The van der Waals surface area contributed by atoms with Crippen LogP contribution in [-0.2, 0) is 0 Å². The number of fused-ring (bicyclic) bond motifs is 4. The number of hydrogen-bond donors (Lipinski definition) is 0. The summed E-state index contributed by atoms with van der Waals surface area (Å²) in [5.41, 5.74) is 5.68. The van der Waals surface area contributed by atoms with Crippen LogP contribution in [0.15, 0.2) is 218 Å². The second-order valence-electron chi connectivity index (χ2n) is 14.7. The molecule has 0 spiro atoms. The third kappa shape index (κ3) is 5.70. The van der Waals surface area contributed by atoms with Crippen LogP contribution in [0.2, 0.25) is 0 Å². The average molecular weight is 773 g/mol. The highest BCUT2D eigenvalue weighted by molar-refractivity contribution is 7.19. The molecule has 11 aromatic rings. The Hall–Kier alpha value is -7.74. The molecular formula is C52H36N6Si. The zero-order valence-electron chi connectivity index (χ0n) is 32.0. The van der Waals surface area contributed by atoms with Gasteiger partial charge in [-0.1, -0.05) is 194 Å². The molecule has 0 aliphatic carbocycles. The monoisotopic (exact) mass is 772 g/mol. The Kier molecular flexibility index (Phi) is 8.38. The molecule has 8 aromatic carbocycles. The maximum absolute atomic E-state index is 5.40. The third-order valence-electron chi connectivity index (χ3n) is 11.4. The van der Waals surface area contributed by atoms with E-state index < -0.39 is 8.07 Å². The summed E-state index contributed by atoms with van der Waals surface area (Å²) in [4.78, 5) is 21.3. The molecule has 0 atom stereocenters. The van der Waals surface area contributed by atoms with E-state index in [2.05, 4.69) is 191 Å². The largest absolute Gasteiger partial charge is 0.278 e. The van der Waals surface area contributed by atoms with Crippen LogP contribution in [-0.4, -0.2) is 37.1 Å². The molecule has 0 bridgehead atoms. The number of nitrogens with zero attached hydrogens (tertiary/aromatic N) is 6. The van der Waals surface area contributed by atoms with Crippen molar-refractivity contribution >= 4 is 61.7 Å². The van der Waals surface area contributed by atoms with Gasteiger partial charge in [-0.15, -0.1) is 0 Å². The summed E-state index contributed by atoms with van der Waals surface area (Å²) in [5, 5.41) is 7.40. The molecule has 3 aromatic heterocycles. The minimum absolute atomic E-state index is 0.488. The maximum Gasteiger partial charge on any atom is 0.241 e. The molecule has 11 rings (SSSR count). The van der Waals surface area contributed by atoms with Crippen LogP contribution in [0, 0.1) is 0 Å². The zero-order valence-corrected chi connectivity index (χ0v) is 33.0. The van der Waals surface area contributed by atoms with E-state index in [9.17, 15) is 0 Å². The van der Waals surface area contributed by atoms with Gasteiger partial charge in [0.15, 0.2) is 13.9 Å². The quantitative estimate of drug-likeness (QED) is 0.114. The normalized spacial score (nSPS) is 11.7. The van der Waals surface area contributed by atoms with E-state index in [1.807, 2.05) is 36.4 Å². The summed E-state index contributed by atoms with van der Waals surface area (Å²) in [6, 6.07) is 77.2. The molecule has 59 heavy (non-hydrogen) atoms. The number of imidazole rings is 1. The molecule has 0 aliphatic heterocycles. The highest BCUT2D eigenvalue weighted by Gasteiger charge is 2.41. The van der Waals surface area contributed by atoms with Crippen molar-refractivity contribution in [2.75, 3.05) is 0 Å². The van der Waals surface area contributed by atoms with E-state index >= 15 is 0 Å². The Morgan fingerprint density at radius 2 is 0.763 bits per heavy atom. The first kappa shape index (κ1) is 34.5. The fourth-order valence-electron chi connectivity index (χ4n) is 8.79. The summed E-state index contributed by atoms with van der Waals surface area (Å²) in [7, 11) is -2.85. The Bertz CT molecular complexity index is 3120. The van der Waals surface area contributed by atoms with Crippen LogP contribution in [0.25, 0.3) is 67.5 Å². The lowest BCUT2D eigenvalue weighted by molar-refractivity contribution is 0.880. The maximum atomic E-state index is 5.40. The second-order valence-corrected chi connectivity index (χ2v) is 18.5. The van der Waals surface area contributed by atoms with Crippen molar-refractivity contribution in [2.45, 2.75) is 0 Å². The van der Waals surface area contributed by atoms with Gasteiger partial charge >= 0.3 is 0 Å². The molecule has 0 saturated carbocycles. The summed E-state index contributed by atoms with van der Waals surface area (Å²) < 4.78 is 4.25. The van der Waals surface area contributed by atoms with Gasteiger partial charge in [-0.05, 0) is 45.0 Å². The molecule has 3 heterocycles. The molecule has 0 aliphatic rings. The first-order valence-electron chi connectivity index (χ1n) is 19.8. The van der Waals surface area contributed by atoms with E-state index in [0.717, 1.165) is 49.8 Å². The molecule has 0 saturated heterocycles.